The summed E-state index contributed by atoms with van der Waals surface area (Å²) < 4.78 is 1.81. The van der Waals surface area contributed by atoms with Gasteiger partial charge in [-0.15, -0.1) is 0 Å². The number of imide groups is 1. The van der Waals surface area contributed by atoms with E-state index >= 15 is 0 Å². The van der Waals surface area contributed by atoms with E-state index in [9.17, 15) is 9.59 Å². The zero-order valence-electron chi connectivity index (χ0n) is 15.0. The Morgan fingerprint density at radius 2 is 1.63 bits per heavy atom. The number of nitrogens with zero attached hydrogens (tertiary/aromatic N) is 3. The van der Waals surface area contributed by atoms with Crippen LogP contribution < -0.4 is 4.90 Å². The number of anilines is 1. The average molecular weight is 359 g/mol. The van der Waals surface area contributed by atoms with Gasteiger partial charge in [-0.3, -0.25) is 14.3 Å². The molecule has 0 bridgehead atoms. The minimum absolute atomic E-state index is 0.0468. The molecule has 2 atom stereocenters. The number of rotatable bonds is 3. The fourth-order valence-corrected chi connectivity index (χ4v) is 4.58. The standard InChI is InChI=1S/C22H21N3O2/c26-21-19-10-3-4-11-20(19)22(27)25(21)17-12-23-24(14-17)13-16-8-5-7-15-6-1-2-9-18(15)16/h1-2,5-9,12,14,19-20H,3-4,10-11,13H2/t19-,20-/m1/s1. The smallest absolute Gasteiger partial charge is 0.237 e. The number of hydrogen-bond acceptors (Lipinski definition) is 3. The lowest BCUT2D eigenvalue weighted by molar-refractivity contribution is -0.122. The summed E-state index contributed by atoms with van der Waals surface area (Å²) in [5, 5.41) is 6.80. The van der Waals surface area contributed by atoms with Crippen LogP contribution in [0.1, 0.15) is 31.2 Å². The number of benzene rings is 2. The summed E-state index contributed by atoms with van der Waals surface area (Å²) in [6.07, 6.45) is 7.18. The van der Waals surface area contributed by atoms with Gasteiger partial charge >= 0.3 is 0 Å². The third-order valence-corrected chi connectivity index (χ3v) is 5.93. The summed E-state index contributed by atoms with van der Waals surface area (Å²) in [6, 6.07) is 14.5. The molecule has 2 fully saturated rings. The van der Waals surface area contributed by atoms with Crippen molar-refractivity contribution in [1.29, 1.82) is 0 Å². The van der Waals surface area contributed by atoms with Gasteiger partial charge in [-0.1, -0.05) is 55.3 Å². The van der Waals surface area contributed by atoms with Crippen LogP contribution in [0.3, 0.4) is 0 Å². The zero-order valence-corrected chi connectivity index (χ0v) is 15.0. The fraction of sp³-hybridized carbons (Fsp3) is 0.318. The van der Waals surface area contributed by atoms with Crippen molar-refractivity contribution in [2.45, 2.75) is 32.2 Å². The van der Waals surface area contributed by atoms with Crippen LogP contribution >= 0.6 is 0 Å². The van der Waals surface area contributed by atoms with Crippen molar-refractivity contribution in [3.63, 3.8) is 0 Å². The first-order valence-electron chi connectivity index (χ1n) is 9.59. The molecule has 1 aliphatic carbocycles. The summed E-state index contributed by atoms with van der Waals surface area (Å²) in [6.45, 7) is 0.602. The molecule has 0 radical (unpaired) electrons. The molecule has 1 saturated heterocycles. The van der Waals surface area contributed by atoms with Crippen LogP contribution in [-0.4, -0.2) is 21.6 Å². The predicted molar refractivity (Wildman–Crippen MR) is 103 cm³/mol. The van der Waals surface area contributed by atoms with Crippen LogP contribution in [0.5, 0.6) is 0 Å². The molecule has 2 amide bonds. The molecule has 27 heavy (non-hydrogen) atoms. The first kappa shape index (κ1) is 16.2. The molecular weight excluding hydrogens is 338 g/mol. The highest BCUT2D eigenvalue weighted by molar-refractivity contribution is 6.22. The Hall–Kier alpha value is -2.95. The molecule has 1 aliphatic heterocycles. The number of fused-ring (bicyclic) bond motifs is 2. The van der Waals surface area contributed by atoms with E-state index in [-0.39, 0.29) is 23.7 Å². The molecule has 5 nitrogen and oxygen atoms in total. The molecule has 0 spiro atoms. The molecule has 5 rings (SSSR count). The maximum atomic E-state index is 12.8. The average Bonchev–Trinajstić information content (AvgIpc) is 3.25. The van der Waals surface area contributed by atoms with E-state index in [4.69, 9.17) is 0 Å². The van der Waals surface area contributed by atoms with Gasteiger partial charge in [-0.25, -0.2) is 4.90 Å². The van der Waals surface area contributed by atoms with Gasteiger partial charge in [-0.2, -0.15) is 5.10 Å². The van der Waals surface area contributed by atoms with Crippen LogP contribution in [0, 0.1) is 11.8 Å². The second-order valence-corrected chi connectivity index (χ2v) is 7.54. The third kappa shape index (κ3) is 2.65. The van der Waals surface area contributed by atoms with Gasteiger partial charge in [0, 0.05) is 6.20 Å². The molecule has 2 aromatic carbocycles. The molecule has 1 aromatic heterocycles. The minimum atomic E-state index is -0.132. The third-order valence-electron chi connectivity index (χ3n) is 5.93. The second-order valence-electron chi connectivity index (χ2n) is 7.54. The lowest BCUT2D eigenvalue weighted by atomic mass is 9.81. The van der Waals surface area contributed by atoms with Gasteiger partial charge in [0.25, 0.3) is 0 Å². The highest BCUT2D eigenvalue weighted by atomic mass is 16.2. The number of carbonyl (C=O) groups is 2. The van der Waals surface area contributed by atoms with E-state index in [0.29, 0.717) is 12.2 Å². The highest BCUT2D eigenvalue weighted by Crippen LogP contribution is 2.39. The maximum absolute atomic E-state index is 12.8. The summed E-state index contributed by atoms with van der Waals surface area (Å²) >= 11 is 0. The van der Waals surface area contributed by atoms with Crippen molar-refractivity contribution in [3.05, 3.63) is 60.4 Å². The Balaban J connectivity index is 1.43. The van der Waals surface area contributed by atoms with E-state index in [1.807, 2.05) is 24.4 Å². The number of amides is 2. The summed E-state index contributed by atoms with van der Waals surface area (Å²) in [4.78, 5) is 26.9. The van der Waals surface area contributed by atoms with Gasteiger partial charge in [0.1, 0.15) is 0 Å². The van der Waals surface area contributed by atoms with E-state index in [2.05, 4.69) is 29.4 Å². The SMILES string of the molecule is O=C1[C@@H]2CCCC[C@H]2C(=O)N1c1cnn(Cc2cccc3ccccc23)c1. The normalized spacial score (nSPS) is 22.4. The first-order chi connectivity index (χ1) is 13.2. The van der Waals surface area contributed by atoms with Gasteiger partial charge in [0.2, 0.25) is 11.8 Å². The lowest BCUT2D eigenvalue weighted by Gasteiger charge is -2.19. The monoisotopic (exact) mass is 359 g/mol. The molecular formula is C22H21N3O2. The van der Waals surface area contributed by atoms with Crippen LogP contribution in [0.4, 0.5) is 5.69 Å². The van der Waals surface area contributed by atoms with Crippen molar-refractivity contribution < 1.29 is 9.59 Å². The molecule has 5 heteroatoms. The summed E-state index contributed by atoms with van der Waals surface area (Å²) in [5.41, 5.74) is 1.76. The van der Waals surface area contributed by atoms with Crippen molar-refractivity contribution in [1.82, 2.24) is 9.78 Å². The number of aromatic nitrogens is 2. The van der Waals surface area contributed by atoms with Crippen LogP contribution in [0.25, 0.3) is 10.8 Å². The predicted octanol–water partition coefficient (Wildman–Crippen LogP) is 3.76. The quantitative estimate of drug-likeness (QED) is 0.669. The minimum Gasteiger partial charge on any atom is -0.274 e. The van der Waals surface area contributed by atoms with Crippen LogP contribution in [0.2, 0.25) is 0 Å². The number of hydrogen-bond donors (Lipinski definition) is 0. The Morgan fingerprint density at radius 1 is 0.926 bits per heavy atom. The van der Waals surface area contributed by atoms with E-state index in [1.54, 1.807) is 10.9 Å². The Bertz CT molecular complexity index is 1010. The molecule has 0 unspecified atom stereocenters. The van der Waals surface area contributed by atoms with Crippen LogP contribution in [0.15, 0.2) is 54.9 Å². The van der Waals surface area contributed by atoms with Gasteiger partial charge in [-0.05, 0) is 29.2 Å². The van der Waals surface area contributed by atoms with E-state index < -0.39 is 0 Å². The molecule has 1 saturated carbocycles. The summed E-state index contributed by atoms with van der Waals surface area (Å²) in [7, 11) is 0. The molecule has 3 aromatic rings. The van der Waals surface area contributed by atoms with Crippen molar-refractivity contribution in [2.75, 3.05) is 4.90 Å². The fourth-order valence-electron chi connectivity index (χ4n) is 4.58. The zero-order chi connectivity index (χ0) is 18.4. The maximum Gasteiger partial charge on any atom is 0.237 e. The molecule has 136 valence electrons. The van der Waals surface area contributed by atoms with Crippen molar-refractivity contribution in [2.24, 2.45) is 11.8 Å². The van der Waals surface area contributed by atoms with Gasteiger partial charge < -0.3 is 0 Å². The highest BCUT2D eigenvalue weighted by Gasteiger charge is 2.49. The first-order valence-corrected chi connectivity index (χ1v) is 9.59. The van der Waals surface area contributed by atoms with E-state index in [1.165, 1.54) is 15.7 Å². The second kappa shape index (κ2) is 6.34. The molecule has 2 heterocycles. The Labute approximate surface area is 157 Å². The number of carbonyl (C=O) groups excluding carboxylic acids is 2. The van der Waals surface area contributed by atoms with Gasteiger partial charge in [0.05, 0.1) is 30.3 Å². The van der Waals surface area contributed by atoms with Crippen molar-refractivity contribution >= 4 is 28.3 Å². The Kier molecular flexibility index (Phi) is 3.81. The summed E-state index contributed by atoms with van der Waals surface area (Å²) in [5.74, 6) is -0.357. The molecule has 2 aliphatic rings. The van der Waals surface area contributed by atoms with Crippen LogP contribution in [-0.2, 0) is 16.1 Å². The lowest BCUT2D eigenvalue weighted by Crippen LogP contribution is -2.30. The van der Waals surface area contributed by atoms with E-state index in [0.717, 1.165) is 31.2 Å². The Morgan fingerprint density at radius 3 is 2.41 bits per heavy atom. The largest absolute Gasteiger partial charge is 0.274 e. The van der Waals surface area contributed by atoms with Crippen molar-refractivity contribution in [3.8, 4) is 0 Å². The molecule has 0 N–H and O–H groups in total. The van der Waals surface area contributed by atoms with Gasteiger partial charge in [0.15, 0.2) is 0 Å². The topological polar surface area (TPSA) is 55.2 Å².